The predicted octanol–water partition coefficient (Wildman–Crippen LogP) is 1.02. The summed E-state index contributed by atoms with van der Waals surface area (Å²) in [5.74, 6) is -0.153. The third-order valence-corrected chi connectivity index (χ3v) is 2.38. The lowest BCUT2D eigenvalue weighted by atomic mass is 10.1. The van der Waals surface area contributed by atoms with Crippen LogP contribution < -0.4 is 10.6 Å². The van der Waals surface area contributed by atoms with E-state index in [0.29, 0.717) is 25.3 Å². The quantitative estimate of drug-likeness (QED) is 0.460. The van der Waals surface area contributed by atoms with Crippen molar-refractivity contribution in [3.8, 4) is 0 Å². The highest BCUT2D eigenvalue weighted by Crippen LogP contribution is 2.14. The summed E-state index contributed by atoms with van der Waals surface area (Å²) in [5, 5.41) is 14.4. The second kappa shape index (κ2) is 9.13. The number of aliphatic hydroxyl groups is 1. The fraction of sp³-hybridized carbons (Fsp3) is 0.357. The molecule has 0 aliphatic heterocycles. The van der Waals surface area contributed by atoms with Gasteiger partial charge < -0.3 is 20.5 Å². The van der Waals surface area contributed by atoms with Gasteiger partial charge in [-0.1, -0.05) is 18.2 Å². The van der Waals surface area contributed by atoms with E-state index < -0.39 is 0 Å². The van der Waals surface area contributed by atoms with Crippen LogP contribution in [0.4, 0.5) is 5.69 Å². The summed E-state index contributed by atoms with van der Waals surface area (Å²) in [6, 6.07) is 7.29. The largest absolute Gasteiger partial charge is 0.394 e. The number of amides is 1. The highest BCUT2D eigenvalue weighted by Gasteiger charge is 2.09. The number of benzene rings is 1. The molecule has 0 heterocycles. The van der Waals surface area contributed by atoms with E-state index in [2.05, 4.69) is 17.2 Å². The van der Waals surface area contributed by atoms with Crippen LogP contribution in [0.25, 0.3) is 0 Å². The van der Waals surface area contributed by atoms with Gasteiger partial charge >= 0.3 is 0 Å². The van der Waals surface area contributed by atoms with Crippen LogP contribution in [-0.2, 0) is 4.74 Å². The van der Waals surface area contributed by atoms with Crippen molar-refractivity contribution >= 4 is 11.6 Å². The van der Waals surface area contributed by atoms with Gasteiger partial charge in [0.2, 0.25) is 0 Å². The molecule has 0 unspecified atom stereocenters. The molecular formula is C14H20N2O3. The van der Waals surface area contributed by atoms with Crippen LogP contribution in [0.2, 0.25) is 0 Å². The molecule has 3 N–H and O–H groups in total. The Labute approximate surface area is 113 Å². The molecule has 0 radical (unpaired) electrons. The normalized spacial score (nSPS) is 9.95. The molecule has 0 atom stereocenters. The van der Waals surface area contributed by atoms with Crippen LogP contribution >= 0.6 is 0 Å². The number of rotatable bonds is 9. The minimum absolute atomic E-state index is 0.0117. The van der Waals surface area contributed by atoms with Crippen LogP contribution in [0, 0.1) is 0 Å². The van der Waals surface area contributed by atoms with Crippen LogP contribution in [0.1, 0.15) is 10.4 Å². The lowest BCUT2D eigenvalue weighted by molar-refractivity contribution is 0.0838. The smallest absolute Gasteiger partial charge is 0.253 e. The topological polar surface area (TPSA) is 70.6 Å². The Morgan fingerprint density at radius 3 is 2.89 bits per heavy atom. The molecule has 0 aliphatic rings. The molecule has 0 spiro atoms. The first-order valence-corrected chi connectivity index (χ1v) is 6.20. The molecule has 1 aromatic carbocycles. The maximum atomic E-state index is 12.0. The Hall–Kier alpha value is -1.85. The lowest BCUT2D eigenvalue weighted by Gasteiger charge is -2.11. The molecule has 1 amide bonds. The third kappa shape index (κ3) is 5.54. The SMILES string of the molecule is C=CCNc1ccccc1C(=O)NCCOCCO. The van der Waals surface area contributed by atoms with Crippen LogP contribution in [0.3, 0.4) is 0 Å². The van der Waals surface area contributed by atoms with E-state index in [1.807, 2.05) is 18.2 Å². The van der Waals surface area contributed by atoms with E-state index in [1.165, 1.54) is 0 Å². The number of carbonyl (C=O) groups is 1. The second-order valence-electron chi connectivity index (χ2n) is 3.81. The highest BCUT2D eigenvalue weighted by molar-refractivity contribution is 5.99. The van der Waals surface area contributed by atoms with E-state index in [0.717, 1.165) is 5.69 Å². The number of hydrogen-bond acceptors (Lipinski definition) is 4. The van der Waals surface area contributed by atoms with Crippen LogP contribution in [-0.4, -0.2) is 43.9 Å². The molecule has 0 aliphatic carbocycles. The van der Waals surface area contributed by atoms with Gasteiger partial charge in [0.15, 0.2) is 0 Å². The number of aliphatic hydroxyl groups excluding tert-OH is 1. The summed E-state index contributed by atoms with van der Waals surface area (Å²) in [4.78, 5) is 12.0. The van der Waals surface area contributed by atoms with Gasteiger partial charge in [0, 0.05) is 18.8 Å². The van der Waals surface area contributed by atoms with Crippen molar-refractivity contribution in [2.24, 2.45) is 0 Å². The van der Waals surface area contributed by atoms with E-state index in [1.54, 1.807) is 12.1 Å². The van der Waals surface area contributed by atoms with Gasteiger partial charge in [0.1, 0.15) is 0 Å². The van der Waals surface area contributed by atoms with Crippen molar-refractivity contribution < 1.29 is 14.6 Å². The van der Waals surface area contributed by atoms with Crippen LogP contribution in [0.15, 0.2) is 36.9 Å². The van der Waals surface area contributed by atoms with E-state index >= 15 is 0 Å². The van der Waals surface area contributed by atoms with E-state index in [9.17, 15) is 4.79 Å². The van der Waals surface area contributed by atoms with Gasteiger partial charge in [-0.2, -0.15) is 0 Å². The molecule has 5 nitrogen and oxygen atoms in total. The van der Waals surface area contributed by atoms with Crippen LogP contribution in [0.5, 0.6) is 0 Å². The molecule has 1 rings (SSSR count). The van der Waals surface area contributed by atoms with Gasteiger partial charge in [0.25, 0.3) is 5.91 Å². The molecule has 0 fully saturated rings. The minimum atomic E-state index is -0.153. The monoisotopic (exact) mass is 264 g/mol. The van der Waals surface area contributed by atoms with Gasteiger partial charge in [-0.3, -0.25) is 4.79 Å². The number of para-hydroxylation sites is 1. The maximum Gasteiger partial charge on any atom is 0.253 e. The number of ether oxygens (including phenoxy) is 1. The summed E-state index contributed by atoms with van der Waals surface area (Å²) >= 11 is 0. The molecule has 0 saturated heterocycles. The molecular weight excluding hydrogens is 244 g/mol. The molecule has 104 valence electrons. The second-order valence-corrected chi connectivity index (χ2v) is 3.81. The number of hydrogen-bond donors (Lipinski definition) is 3. The zero-order valence-corrected chi connectivity index (χ0v) is 10.9. The standard InChI is InChI=1S/C14H20N2O3/c1-2-7-15-13-6-4-3-5-12(13)14(18)16-8-10-19-11-9-17/h2-6,15,17H,1,7-11H2,(H,16,18). The van der Waals surface area contributed by atoms with E-state index in [-0.39, 0.29) is 19.1 Å². The zero-order valence-electron chi connectivity index (χ0n) is 10.9. The van der Waals surface area contributed by atoms with Crippen molar-refractivity contribution in [2.75, 3.05) is 38.2 Å². The van der Waals surface area contributed by atoms with Crippen molar-refractivity contribution in [1.82, 2.24) is 5.32 Å². The first-order valence-electron chi connectivity index (χ1n) is 6.20. The molecule has 0 saturated carbocycles. The molecule has 0 bridgehead atoms. The van der Waals surface area contributed by atoms with Gasteiger partial charge in [-0.05, 0) is 12.1 Å². The van der Waals surface area contributed by atoms with Crippen molar-refractivity contribution in [3.05, 3.63) is 42.5 Å². The van der Waals surface area contributed by atoms with Gasteiger partial charge in [0.05, 0.1) is 25.4 Å². The fourth-order valence-electron chi connectivity index (χ4n) is 1.52. The van der Waals surface area contributed by atoms with Crippen molar-refractivity contribution in [1.29, 1.82) is 0 Å². The fourth-order valence-corrected chi connectivity index (χ4v) is 1.52. The average molecular weight is 264 g/mol. The van der Waals surface area contributed by atoms with Crippen molar-refractivity contribution in [3.63, 3.8) is 0 Å². The maximum absolute atomic E-state index is 12.0. The summed E-state index contributed by atoms with van der Waals surface area (Å²) in [6.07, 6.45) is 1.73. The third-order valence-electron chi connectivity index (χ3n) is 2.38. The average Bonchev–Trinajstić information content (AvgIpc) is 2.45. The Balaban J connectivity index is 2.48. The molecule has 0 aromatic heterocycles. The number of carbonyl (C=O) groups excluding carboxylic acids is 1. The molecule has 1 aromatic rings. The number of nitrogens with one attached hydrogen (secondary N) is 2. The Kier molecular flexibility index (Phi) is 7.31. The highest BCUT2D eigenvalue weighted by atomic mass is 16.5. The Morgan fingerprint density at radius 1 is 1.37 bits per heavy atom. The first kappa shape index (κ1) is 15.2. The summed E-state index contributed by atoms with van der Waals surface area (Å²) in [7, 11) is 0. The molecule has 19 heavy (non-hydrogen) atoms. The summed E-state index contributed by atoms with van der Waals surface area (Å²) < 4.78 is 5.07. The zero-order chi connectivity index (χ0) is 13.9. The molecule has 5 heteroatoms. The minimum Gasteiger partial charge on any atom is -0.394 e. The van der Waals surface area contributed by atoms with E-state index in [4.69, 9.17) is 9.84 Å². The summed E-state index contributed by atoms with van der Waals surface area (Å²) in [6.45, 7) is 5.30. The predicted molar refractivity (Wildman–Crippen MR) is 75.4 cm³/mol. The Bertz CT molecular complexity index is 407. The lowest BCUT2D eigenvalue weighted by Crippen LogP contribution is -2.28. The van der Waals surface area contributed by atoms with Gasteiger partial charge in [-0.15, -0.1) is 6.58 Å². The summed E-state index contributed by atoms with van der Waals surface area (Å²) in [5.41, 5.74) is 1.36. The van der Waals surface area contributed by atoms with Crippen molar-refractivity contribution in [2.45, 2.75) is 0 Å². The first-order chi connectivity index (χ1) is 9.29. The van der Waals surface area contributed by atoms with Gasteiger partial charge in [-0.25, -0.2) is 0 Å². The number of anilines is 1. The Morgan fingerprint density at radius 2 is 2.16 bits per heavy atom.